The molecule has 132 valence electrons. The topological polar surface area (TPSA) is 116 Å². The molecule has 8 nitrogen and oxygen atoms in total. The fourth-order valence-corrected chi connectivity index (χ4v) is 2.80. The van der Waals surface area contributed by atoms with Crippen molar-refractivity contribution in [3.63, 3.8) is 0 Å². The Bertz CT molecular complexity index is 873. The van der Waals surface area contributed by atoms with Crippen LogP contribution in [0.4, 0.5) is 5.69 Å². The summed E-state index contributed by atoms with van der Waals surface area (Å²) in [6.45, 7) is 1.81. The summed E-state index contributed by atoms with van der Waals surface area (Å²) < 4.78 is 23.2. The Balaban J connectivity index is 1.80. The smallest absolute Gasteiger partial charge is 0.273 e. The summed E-state index contributed by atoms with van der Waals surface area (Å²) in [5, 5.41) is 5.37. The van der Waals surface area contributed by atoms with Gasteiger partial charge in [-0.05, 0) is 37.5 Å². The molecular weight excluding hydrogens is 344 g/mol. The van der Waals surface area contributed by atoms with E-state index in [0.29, 0.717) is 11.3 Å². The van der Waals surface area contributed by atoms with Gasteiger partial charge in [0.25, 0.3) is 11.8 Å². The molecule has 1 saturated carbocycles. The minimum absolute atomic E-state index is 0.103. The number of amides is 2. The fourth-order valence-electron chi connectivity index (χ4n) is 2.34. The molecule has 1 aromatic carbocycles. The highest BCUT2D eigenvalue weighted by atomic mass is 32.2. The first-order valence-corrected chi connectivity index (χ1v) is 8.78. The van der Waals surface area contributed by atoms with Crippen LogP contribution in [0.5, 0.6) is 0 Å². The zero-order valence-corrected chi connectivity index (χ0v) is 14.6. The molecule has 1 aliphatic rings. The molecule has 1 aliphatic carbocycles. The first kappa shape index (κ1) is 17.3. The second-order valence-corrected chi connectivity index (χ2v) is 6.79. The third kappa shape index (κ3) is 3.77. The number of nitrogens with zero attached hydrogens (tertiary/aromatic N) is 2. The van der Waals surface area contributed by atoms with Crippen molar-refractivity contribution in [1.82, 2.24) is 14.9 Å². The molecule has 2 amide bonds. The number of aryl methyl sites for hydroxylation is 1. The van der Waals surface area contributed by atoms with Crippen molar-refractivity contribution in [3.8, 4) is 0 Å². The number of nitrogens with one attached hydrogen (secondary N) is 2. The van der Waals surface area contributed by atoms with E-state index in [0.717, 1.165) is 18.4 Å². The summed E-state index contributed by atoms with van der Waals surface area (Å²) in [5.74, 6) is -0.683. The number of rotatable bonds is 5. The molecule has 1 atom stereocenters. The van der Waals surface area contributed by atoms with Gasteiger partial charge in [0.05, 0.1) is 6.20 Å². The zero-order valence-electron chi connectivity index (χ0n) is 13.7. The summed E-state index contributed by atoms with van der Waals surface area (Å²) in [4.78, 5) is 28.3. The number of hydrogen-bond acceptors (Lipinski definition) is 5. The van der Waals surface area contributed by atoms with E-state index in [9.17, 15) is 18.4 Å². The van der Waals surface area contributed by atoms with Crippen molar-refractivity contribution in [2.24, 2.45) is 7.05 Å². The minimum Gasteiger partial charge on any atom is -0.766 e. The lowest BCUT2D eigenvalue weighted by Crippen LogP contribution is -2.25. The minimum atomic E-state index is -2.53. The normalized spacial score (nSPS) is 14.8. The molecule has 1 unspecified atom stereocenters. The molecule has 0 saturated heterocycles. The lowest BCUT2D eigenvalue weighted by atomic mass is 10.1. The predicted octanol–water partition coefficient (Wildman–Crippen LogP) is 1.11. The number of imidazole rings is 1. The van der Waals surface area contributed by atoms with Gasteiger partial charge in [-0.1, -0.05) is 6.07 Å². The quantitative estimate of drug-likeness (QED) is 0.774. The van der Waals surface area contributed by atoms with Crippen molar-refractivity contribution >= 4 is 28.6 Å². The summed E-state index contributed by atoms with van der Waals surface area (Å²) in [7, 11) is 1.44. The lowest BCUT2D eigenvalue weighted by molar-refractivity contribution is 0.0949. The monoisotopic (exact) mass is 361 g/mol. The second kappa shape index (κ2) is 6.77. The largest absolute Gasteiger partial charge is 0.766 e. The molecule has 25 heavy (non-hydrogen) atoms. The SMILES string of the molecule is Cc1ccc(C(=O)NC2CC2)cc1NC(=O)c1cnc(S(=O)[O-])n1C. The van der Waals surface area contributed by atoms with Crippen LogP contribution in [0.3, 0.4) is 0 Å². The Kier molecular flexibility index (Phi) is 4.69. The molecule has 0 spiro atoms. The molecule has 1 fully saturated rings. The highest BCUT2D eigenvalue weighted by Crippen LogP contribution is 2.22. The fraction of sp³-hybridized carbons (Fsp3) is 0.312. The van der Waals surface area contributed by atoms with Crippen LogP contribution in [0.1, 0.15) is 39.3 Å². The highest BCUT2D eigenvalue weighted by Gasteiger charge is 2.24. The summed E-state index contributed by atoms with van der Waals surface area (Å²) in [6, 6.07) is 5.30. The average molecular weight is 361 g/mol. The van der Waals surface area contributed by atoms with Gasteiger partial charge in [0.15, 0.2) is 5.16 Å². The van der Waals surface area contributed by atoms with Crippen LogP contribution < -0.4 is 10.6 Å². The Hall–Kier alpha value is -2.52. The van der Waals surface area contributed by atoms with Crippen molar-refractivity contribution < 1.29 is 18.4 Å². The number of anilines is 1. The summed E-state index contributed by atoms with van der Waals surface area (Å²) in [5.41, 5.74) is 1.83. The van der Waals surface area contributed by atoms with Gasteiger partial charge >= 0.3 is 0 Å². The van der Waals surface area contributed by atoms with E-state index in [-0.39, 0.29) is 22.8 Å². The number of carbonyl (C=O) groups is 2. The molecule has 0 aliphatic heterocycles. The van der Waals surface area contributed by atoms with Crippen molar-refractivity contribution in [2.45, 2.75) is 31.0 Å². The van der Waals surface area contributed by atoms with Crippen molar-refractivity contribution in [3.05, 3.63) is 41.2 Å². The molecule has 3 rings (SSSR count). The average Bonchev–Trinajstić information content (AvgIpc) is 3.28. The van der Waals surface area contributed by atoms with Crippen LogP contribution >= 0.6 is 0 Å². The first-order chi connectivity index (χ1) is 11.9. The molecule has 2 aromatic rings. The Morgan fingerprint density at radius 1 is 1.32 bits per heavy atom. The van der Waals surface area contributed by atoms with Gasteiger partial charge in [-0.25, -0.2) is 4.98 Å². The van der Waals surface area contributed by atoms with Crippen LogP contribution in [0.15, 0.2) is 29.6 Å². The van der Waals surface area contributed by atoms with Gasteiger partial charge in [0.2, 0.25) is 0 Å². The van der Waals surface area contributed by atoms with Gasteiger partial charge in [0, 0.05) is 35.4 Å². The third-order valence-electron chi connectivity index (χ3n) is 3.99. The highest BCUT2D eigenvalue weighted by molar-refractivity contribution is 7.79. The predicted molar refractivity (Wildman–Crippen MR) is 90.0 cm³/mol. The maximum Gasteiger partial charge on any atom is 0.273 e. The van der Waals surface area contributed by atoms with E-state index in [1.165, 1.54) is 17.8 Å². The van der Waals surface area contributed by atoms with Gasteiger partial charge in [-0.15, -0.1) is 0 Å². The Morgan fingerprint density at radius 2 is 2.04 bits per heavy atom. The number of benzene rings is 1. The van der Waals surface area contributed by atoms with Gasteiger partial charge in [-0.3, -0.25) is 13.8 Å². The maximum atomic E-state index is 12.4. The molecule has 0 radical (unpaired) electrons. The zero-order chi connectivity index (χ0) is 18.1. The summed E-state index contributed by atoms with van der Waals surface area (Å²) >= 11 is -2.53. The molecule has 1 aromatic heterocycles. The molecule has 1 heterocycles. The van der Waals surface area contributed by atoms with Gasteiger partial charge < -0.3 is 19.8 Å². The number of hydrogen-bond donors (Lipinski definition) is 2. The first-order valence-electron chi connectivity index (χ1n) is 7.70. The van der Waals surface area contributed by atoms with E-state index in [1.807, 2.05) is 0 Å². The van der Waals surface area contributed by atoms with E-state index < -0.39 is 17.0 Å². The second-order valence-electron chi connectivity index (χ2n) is 5.95. The molecule has 0 bridgehead atoms. The maximum absolute atomic E-state index is 12.4. The third-order valence-corrected chi connectivity index (χ3v) is 4.67. The summed E-state index contributed by atoms with van der Waals surface area (Å²) in [6.07, 6.45) is 3.18. The van der Waals surface area contributed by atoms with Gasteiger partial charge in [0.1, 0.15) is 5.69 Å². The number of carbonyl (C=O) groups excluding carboxylic acids is 2. The van der Waals surface area contributed by atoms with Gasteiger partial charge in [-0.2, -0.15) is 0 Å². The molecular formula is C16H17N4O4S-. The van der Waals surface area contributed by atoms with Crippen LogP contribution in [0.25, 0.3) is 0 Å². The van der Waals surface area contributed by atoms with Crippen molar-refractivity contribution in [2.75, 3.05) is 5.32 Å². The lowest BCUT2D eigenvalue weighted by Gasteiger charge is -2.12. The van der Waals surface area contributed by atoms with Crippen LogP contribution in [0, 0.1) is 6.92 Å². The van der Waals surface area contributed by atoms with E-state index in [2.05, 4.69) is 15.6 Å². The Morgan fingerprint density at radius 3 is 2.64 bits per heavy atom. The van der Waals surface area contributed by atoms with Crippen molar-refractivity contribution in [1.29, 1.82) is 0 Å². The Labute approximate surface area is 146 Å². The standard InChI is InChI=1S/C16H18N4O4S/c1-9-3-4-10(14(21)18-11-5-6-11)7-12(9)19-15(22)13-8-17-16(20(13)2)25(23)24/h3-4,7-8,11H,5-6H2,1-2H3,(H,18,21)(H,19,22)(H,23,24)/p-1. The number of aromatic nitrogens is 2. The van der Waals surface area contributed by atoms with Crippen LogP contribution in [0.2, 0.25) is 0 Å². The van der Waals surface area contributed by atoms with E-state index in [1.54, 1.807) is 25.1 Å². The van der Waals surface area contributed by atoms with Crippen LogP contribution in [-0.2, 0) is 18.1 Å². The van der Waals surface area contributed by atoms with Crippen LogP contribution in [-0.4, -0.2) is 36.2 Å². The molecule has 9 heteroatoms. The molecule has 2 N–H and O–H groups in total. The van der Waals surface area contributed by atoms with E-state index in [4.69, 9.17) is 0 Å². The van der Waals surface area contributed by atoms with E-state index >= 15 is 0 Å².